The molecule has 3 aromatic carbocycles. The van der Waals surface area contributed by atoms with Gasteiger partial charge in [-0.05, 0) is 79.9 Å². The average Bonchev–Trinajstić information content (AvgIpc) is 2.76. The Kier molecular flexibility index (Phi) is 7.24. The van der Waals surface area contributed by atoms with Gasteiger partial charge < -0.3 is 10.1 Å². The van der Waals surface area contributed by atoms with E-state index in [1.54, 1.807) is 48.5 Å². The summed E-state index contributed by atoms with van der Waals surface area (Å²) >= 11 is 3.32. The van der Waals surface area contributed by atoms with Crippen molar-refractivity contribution >= 4 is 39.6 Å². The van der Waals surface area contributed by atoms with E-state index in [9.17, 15) is 14.9 Å². The molecule has 0 aliphatic carbocycles. The number of nitrogens with one attached hydrogen (secondary N) is 1. The van der Waals surface area contributed by atoms with Crippen molar-refractivity contribution in [2.45, 2.75) is 20.8 Å². The van der Waals surface area contributed by atoms with Crippen LogP contribution in [0.25, 0.3) is 6.08 Å². The van der Waals surface area contributed by atoms with Gasteiger partial charge >= 0.3 is 5.97 Å². The molecule has 0 saturated carbocycles. The molecule has 3 aromatic rings. The lowest BCUT2D eigenvalue weighted by atomic mass is 10.0. The van der Waals surface area contributed by atoms with Gasteiger partial charge in [-0.25, -0.2) is 4.79 Å². The topological polar surface area (TPSA) is 79.2 Å². The lowest BCUT2D eigenvalue weighted by Crippen LogP contribution is -2.15. The molecule has 0 aromatic heterocycles. The number of carbonyl (C=O) groups is 2. The fourth-order valence-electron chi connectivity index (χ4n) is 3.26. The van der Waals surface area contributed by atoms with Gasteiger partial charge in [0.15, 0.2) is 0 Å². The van der Waals surface area contributed by atoms with Crippen LogP contribution in [0.5, 0.6) is 5.75 Å². The molecule has 0 atom stereocenters. The first-order valence-electron chi connectivity index (χ1n) is 9.85. The number of carbonyl (C=O) groups excluding carboxylic acids is 2. The van der Waals surface area contributed by atoms with E-state index < -0.39 is 11.9 Å². The Morgan fingerprint density at radius 1 is 0.969 bits per heavy atom. The minimum absolute atomic E-state index is 0.0241. The molecule has 0 bridgehead atoms. The standard InChI is InChI=1S/C26H21BrN2O3/c1-16-12-17(2)24(18(3)13-16)29-25(30)21(15-28)14-19-4-10-23(11-5-19)32-26(31)20-6-8-22(27)9-7-20/h4-14H,1-3H3,(H,29,30). The summed E-state index contributed by atoms with van der Waals surface area (Å²) in [4.78, 5) is 24.9. The molecule has 3 rings (SSSR count). The second-order valence-electron chi connectivity index (χ2n) is 7.36. The molecule has 1 amide bonds. The maximum atomic E-state index is 12.7. The van der Waals surface area contributed by atoms with Gasteiger partial charge in [0, 0.05) is 10.2 Å². The summed E-state index contributed by atoms with van der Waals surface area (Å²) in [6, 6.07) is 19.4. The third kappa shape index (κ3) is 5.71. The van der Waals surface area contributed by atoms with Crippen LogP contribution < -0.4 is 10.1 Å². The molecule has 5 nitrogen and oxygen atoms in total. The molecule has 32 heavy (non-hydrogen) atoms. The quantitative estimate of drug-likeness (QED) is 0.202. The molecule has 160 valence electrons. The highest BCUT2D eigenvalue weighted by Crippen LogP contribution is 2.23. The molecular weight excluding hydrogens is 468 g/mol. The second-order valence-corrected chi connectivity index (χ2v) is 8.28. The van der Waals surface area contributed by atoms with Gasteiger partial charge in [-0.2, -0.15) is 5.26 Å². The van der Waals surface area contributed by atoms with Crippen molar-refractivity contribution in [3.05, 3.63) is 98.5 Å². The van der Waals surface area contributed by atoms with Crippen LogP contribution in [0.15, 0.2) is 70.7 Å². The largest absolute Gasteiger partial charge is 0.423 e. The SMILES string of the molecule is Cc1cc(C)c(NC(=O)C(C#N)=Cc2ccc(OC(=O)c3ccc(Br)cc3)cc2)c(C)c1. The Labute approximate surface area is 195 Å². The predicted molar refractivity (Wildman–Crippen MR) is 128 cm³/mol. The van der Waals surface area contributed by atoms with Crippen LogP contribution in [0.3, 0.4) is 0 Å². The van der Waals surface area contributed by atoms with Crippen LogP contribution in [0, 0.1) is 32.1 Å². The number of nitriles is 1. The number of anilines is 1. The van der Waals surface area contributed by atoms with Crippen LogP contribution in [-0.4, -0.2) is 11.9 Å². The summed E-state index contributed by atoms with van der Waals surface area (Å²) in [7, 11) is 0. The zero-order valence-corrected chi connectivity index (χ0v) is 19.5. The molecule has 0 spiro atoms. The number of rotatable bonds is 5. The number of esters is 1. The predicted octanol–water partition coefficient (Wildman–Crippen LogP) is 6.14. The fourth-order valence-corrected chi connectivity index (χ4v) is 3.52. The van der Waals surface area contributed by atoms with Crippen LogP contribution in [0.2, 0.25) is 0 Å². The smallest absolute Gasteiger partial charge is 0.343 e. The zero-order chi connectivity index (χ0) is 23.3. The summed E-state index contributed by atoms with van der Waals surface area (Å²) in [6.45, 7) is 5.82. The second kappa shape index (κ2) is 10.1. The number of aryl methyl sites for hydroxylation is 3. The number of benzene rings is 3. The van der Waals surface area contributed by atoms with Crippen molar-refractivity contribution in [3.8, 4) is 11.8 Å². The van der Waals surface area contributed by atoms with E-state index in [1.807, 2.05) is 39.0 Å². The molecular formula is C26H21BrN2O3. The maximum Gasteiger partial charge on any atom is 0.343 e. The van der Waals surface area contributed by atoms with E-state index in [2.05, 4.69) is 21.2 Å². The Hall–Kier alpha value is -3.69. The van der Waals surface area contributed by atoms with Gasteiger partial charge in [0.1, 0.15) is 17.4 Å². The zero-order valence-electron chi connectivity index (χ0n) is 17.9. The van der Waals surface area contributed by atoms with Gasteiger partial charge in [-0.1, -0.05) is 45.8 Å². The van der Waals surface area contributed by atoms with E-state index in [0.29, 0.717) is 22.6 Å². The number of hydrogen-bond acceptors (Lipinski definition) is 4. The van der Waals surface area contributed by atoms with Crippen molar-refractivity contribution in [2.75, 3.05) is 5.32 Å². The molecule has 0 unspecified atom stereocenters. The van der Waals surface area contributed by atoms with Crippen molar-refractivity contribution in [3.63, 3.8) is 0 Å². The third-order valence-electron chi connectivity index (χ3n) is 4.76. The van der Waals surface area contributed by atoms with Crippen molar-refractivity contribution in [1.82, 2.24) is 0 Å². The van der Waals surface area contributed by atoms with Gasteiger partial charge in [0.25, 0.3) is 5.91 Å². The van der Waals surface area contributed by atoms with Gasteiger partial charge in [0.2, 0.25) is 0 Å². The number of nitrogens with zero attached hydrogens (tertiary/aromatic N) is 1. The molecule has 6 heteroatoms. The highest BCUT2D eigenvalue weighted by Gasteiger charge is 2.13. The lowest BCUT2D eigenvalue weighted by molar-refractivity contribution is -0.112. The number of ether oxygens (including phenoxy) is 1. The summed E-state index contributed by atoms with van der Waals surface area (Å²) in [5.41, 5.74) is 4.73. The van der Waals surface area contributed by atoms with Crippen molar-refractivity contribution in [1.29, 1.82) is 5.26 Å². The molecule has 1 N–H and O–H groups in total. The van der Waals surface area contributed by atoms with E-state index in [4.69, 9.17) is 4.74 Å². The Morgan fingerprint density at radius 2 is 1.56 bits per heavy atom. The normalized spacial score (nSPS) is 10.9. The Balaban J connectivity index is 1.72. The van der Waals surface area contributed by atoms with Crippen LogP contribution in [-0.2, 0) is 4.79 Å². The first-order chi connectivity index (χ1) is 15.3. The monoisotopic (exact) mass is 488 g/mol. The third-order valence-corrected chi connectivity index (χ3v) is 5.29. The first-order valence-corrected chi connectivity index (χ1v) is 10.6. The summed E-state index contributed by atoms with van der Waals surface area (Å²) < 4.78 is 6.24. The first kappa shape index (κ1) is 23.0. The van der Waals surface area contributed by atoms with Crippen LogP contribution in [0.1, 0.15) is 32.6 Å². The summed E-state index contributed by atoms with van der Waals surface area (Å²) in [5, 5.41) is 12.3. The number of amides is 1. The summed E-state index contributed by atoms with van der Waals surface area (Å²) in [5.74, 6) is -0.584. The van der Waals surface area contributed by atoms with E-state index in [-0.39, 0.29) is 5.57 Å². The molecule has 0 fully saturated rings. The molecule has 0 aliphatic heterocycles. The average molecular weight is 489 g/mol. The van der Waals surface area contributed by atoms with Crippen LogP contribution >= 0.6 is 15.9 Å². The Bertz CT molecular complexity index is 1210. The van der Waals surface area contributed by atoms with E-state index in [1.165, 1.54) is 6.08 Å². The molecule has 0 aliphatic rings. The maximum absolute atomic E-state index is 12.7. The van der Waals surface area contributed by atoms with Crippen molar-refractivity contribution in [2.24, 2.45) is 0 Å². The molecule has 0 radical (unpaired) electrons. The van der Waals surface area contributed by atoms with E-state index in [0.717, 1.165) is 21.2 Å². The highest BCUT2D eigenvalue weighted by molar-refractivity contribution is 9.10. The van der Waals surface area contributed by atoms with Gasteiger partial charge in [0.05, 0.1) is 5.56 Å². The number of halogens is 1. The lowest BCUT2D eigenvalue weighted by Gasteiger charge is -2.12. The van der Waals surface area contributed by atoms with Crippen LogP contribution in [0.4, 0.5) is 5.69 Å². The summed E-state index contributed by atoms with van der Waals surface area (Å²) in [6.07, 6.45) is 1.49. The minimum atomic E-state index is -0.478. The fraction of sp³-hybridized carbons (Fsp3) is 0.115. The van der Waals surface area contributed by atoms with Gasteiger partial charge in [-0.3, -0.25) is 4.79 Å². The van der Waals surface area contributed by atoms with Gasteiger partial charge in [-0.15, -0.1) is 0 Å². The molecule has 0 saturated heterocycles. The minimum Gasteiger partial charge on any atom is -0.423 e. The Morgan fingerprint density at radius 3 is 2.12 bits per heavy atom. The van der Waals surface area contributed by atoms with Crippen molar-refractivity contribution < 1.29 is 14.3 Å². The van der Waals surface area contributed by atoms with E-state index >= 15 is 0 Å². The highest BCUT2D eigenvalue weighted by atomic mass is 79.9. The molecule has 0 heterocycles. The number of hydrogen-bond donors (Lipinski definition) is 1.